The molecule has 3 aromatic heterocycles. The Hall–Kier alpha value is -2.41. The van der Waals surface area contributed by atoms with Gasteiger partial charge in [0.25, 0.3) is 0 Å². The third-order valence-corrected chi connectivity index (χ3v) is 3.04. The van der Waals surface area contributed by atoms with E-state index in [2.05, 4.69) is 25.3 Å². The van der Waals surface area contributed by atoms with E-state index in [1.807, 2.05) is 12.3 Å². The van der Waals surface area contributed by atoms with E-state index in [0.717, 1.165) is 22.1 Å². The number of H-pyrrole nitrogens is 2. The van der Waals surface area contributed by atoms with Crippen molar-refractivity contribution in [3.05, 3.63) is 24.3 Å². The molecule has 7 heteroatoms. The Labute approximate surface area is 114 Å². The third-order valence-electron chi connectivity index (χ3n) is 3.04. The molecule has 0 aliphatic heterocycles. The highest BCUT2D eigenvalue weighted by Gasteiger charge is 2.11. The number of imidazole rings is 1. The summed E-state index contributed by atoms with van der Waals surface area (Å²) in [5.41, 5.74) is 2.45. The lowest BCUT2D eigenvalue weighted by molar-refractivity contribution is -0.120. The molecule has 0 aliphatic carbocycles. The topological polar surface area (TPSA) is 95.7 Å². The molecule has 0 aromatic carbocycles. The number of hydrogen-bond donors (Lipinski definition) is 3. The van der Waals surface area contributed by atoms with Crippen LogP contribution in [0.2, 0.25) is 0 Å². The lowest BCUT2D eigenvalue weighted by Gasteiger charge is -2.02. The van der Waals surface area contributed by atoms with Gasteiger partial charge in [0.05, 0.1) is 24.7 Å². The van der Waals surface area contributed by atoms with Gasteiger partial charge in [0.1, 0.15) is 17.0 Å². The molecular formula is C13H15N5O2. The summed E-state index contributed by atoms with van der Waals surface area (Å²) < 4.78 is 4.88. The van der Waals surface area contributed by atoms with Gasteiger partial charge in [-0.25, -0.2) is 9.97 Å². The van der Waals surface area contributed by atoms with Crippen LogP contribution in [0.1, 0.15) is 5.82 Å². The van der Waals surface area contributed by atoms with Gasteiger partial charge in [0.15, 0.2) is 0 Å². The molecule has 3 N–H and O–H groups in total. The van der Waals surface area contributed by atoms with Gasteiger partial charge in [-0.3, -0.25) is 4.79 Å². The van der Waals surface area contributed by atoms with Gasteiger partial charge >= 0.3 is 0 Å². The first-order chi connectivity index (χ1) is 9.78. The number of amides is 1. The molecule has 0 saturated heterocycles. The molecule has 3 rings (SSSR count). The van der Waals surface area contributed by atoms with E-state index in [0.29, 0.717) is 19.0 Å². The lowest BCUT2D eigenvalue weighted by atomic mass is 10.3. The summed E-state index contributed by atoms with van der Waals surface area (Å²) >= 11 is 0. The highest BCUT2D eigenvalue weighted by atomic mass is 16.5. The molecule has 0 unspecified atom stereocenters. The van der Waals surface area contributed by atoms with E-state index in [4.69, 9.17) is 4.74 Å². The molecule has 3 aromatic rings. The summed E-state index contributed by atoms with van der Waals surface area (Å²) in [6.07, 6.45) is 3.75. The van der Waals surface area contributed by atoms with Crippen LogP contribution in [-0.4, -0.2) is 46.1 Å². The molecule has 0 aliphatic rings. The van der Waals surface area contributed by atoms with Crippen molar-refractivity contribution in [1.82, 2.24) is 25.3 Å². The fraction of sp³-hybridized carbons (Fsp3) is 0.308. The molecule has 104 valence electrons. The monoisotopic (exact) mass is 273 g/mol. The van der Waals surface area contributed by atoms with Crippen LogP contribution in [0, 0.1) is 0 Å². The maximum absolute atomic E-state index is 11.7. The minimum Gasteiger partial charge on any atom is -0.383 e. The van der Waals surface area contributed by atoms with Crippen molar-refractivity contribution < 1.29 is 9.53 Å². The van der Waals surface area contributed by atoms with Crippen LogP contribution in [0.25, 0.3) is 22.1 Å². The Morgan fingerprint density at radius 3 is 3.25 bits per heavy atom. The number of carbonyl (C=O) groups is 1. The Morgan fingerprint density at radius 1 is 1.50 bits per heavy atom. The molecule has 7 nitrogen and oxygen atoms in total. The van der Waals surface area contributed by atoms with Crippen molar-refractivity contribution in [2.45, 2.75) is 6.42 Å². The van der Waals surface area contributed by atoms with Gasteiger partial charge in [0.2, 0.25) is 5.91 Å². The average molecular weight is 273 g/mol. The Balaban J connectivity index is 1.80. The van der Waals surface area contributed by atoms with Crippen LogP contribution < -0.4 is 5.32 Å². The molecule has 0 bridgehead atoms. The van der Waals surface area contributed by atoms with Crippen molar-refractivity contribution in [3.63, 3.8) is 0 Å². The zero-order valence-electron chi connectivity index (χ0n) is 11.1. The van der Waals surface area contributed by atoms with E-state index in [9.17, 15) is 4.79 Å². The molecular weight excluding hydrogens is 258 g/mol. The summed E-state index contributed by atoms with van der Waals surface area (Å²) in [6, 6.07) is 1.92. The van der Waals surface area contributed by atoms with Crippen LogP contribution in [-0.2, 0) is 16.0 Å². The minimum absolute atomic E-state index is 0.0839. The first-order valence-corrected chi connectivity index (χ1v) is 6.34. The molecule has 0 spiro atoms. The van der Waals surface area contributed by atoms with Gasteiger partial charge in [-0.15, -0.1) is 0 Å². The smallest absolute Gasteiger partial charge is 0.227 e. The first kappa shape index (κ1) is 12.6. The maximum Gasteiger partial charge on any atom is 0.227 e. The average Bonchev–Trinajstić information content (AvgIpc) is 3.03. The predicted octanol–water partition coefficient (Wildman–Crippen LogP) is 0.744. The molecule has 0 radical (unpaired) electrons. The minimum atomic E-state index is -0.0839. The standard InChI is InChI=1S/C13H15N5O2/c1-20-5-4-14-11(19)6-10-17-9-7-16-13-8(2-3-15-13)12(9)18-10/h2-3,7H,4-6H2,1H3,(H,14,19)(H,15,16)(H,17,18). The van der Waals surface area contributed by atoms with Gasteiger partial charge in [-0.05, 0) is 6.07 Å². The van der Waals surface area contributed by atoms with Crippen molar-refractivity contribution in [3.8, 4) is 0 Å². The van der Waals surface area contributed by atoms with E-state index >= 15 is 0 Å². The quantitative estimate of drug-likeness (QED) is 0.597. The van der Waals surface area contributed by atoms with Crippen LogP contribution in [0.5, 0.6) is 0 Å². The van der Waals surface area contributed by atoms with Crippen LogP contribution in [0.15, 0.2) is 18.5 Å². The molecule has 0 saturated carbocycles. The number of methoxy groups -OCH3 is 1. The SMILES string of the molecule is COCCNC(=O)Cc1nc2c(cnc3[nH]ccc32)[nH]1. The normalized spacial score (nSPS) is 11.2. The molecule has 3 heterocycles. The fourth-order valence-electron chi connectivity index (χ4n) is 2.11. The predicted molar refractivity (Wildman–Crippen MR) is 74.3 cm³/mol. The molecule has 0 fully saturated rings. The van der Waals surface area contributed by atoms with Crippen molar-refractivity contribution >= 4 is 28.0 Å². The summed E-state index contributed by atoms with van der Waals surface area (Å²) in [4.78, 5) is 26.6. The second kappa shape index (κ2) is 5.30. The zero-order chi connectivity index (χ0) is 13.9. The number of hydrogen-bond acceptors (Lipinski definition) is 4. The van der Waals surface area contributed by atoms with Gasteiger partial charge in [-0.1, -0.05) is 0 Å². The van der Waals surface area contributed by atoms with Crippen molar-refractivity contribution in [2.75, 3.05) is 20.3 Å². The first-order valence-electron chi connectivity index (χ1n) is 6.34. The van der Waals surface area contributed by atoms with Crippen LogP contribution >= 0.6 is 0 Å². The number of ether oxygens (including phenoxy) is 1. The number of aromatic nitrogens is 4. The summed E-state index contributed by atoms with van der Waals surface area (Å²) in [5.74, 6) is 0.546. The Morgan fingerprint density at radius 2 is 2.40 bits per heavy atom. The maximum atomic E-state index is 11.7. The molecule has 20 heavy (non-hydrogen) atoms. The Kier molecular flexibility index (Phi) is 3.34. The number of rotatable bonds is 5. The summed E-state index contributed by atoms with van der Waals surface area (Å²) in [6.45, 7) is 0.999. The highest BCUT2D eigenvalue weighted by molar-refractivity contribution is 6.00. The Bertz CT molecular complexity index is 745. The van der Waals surface area contributed by atoms with Crippen LogP contribution in [0.3, 0.4) is 0 Å². The number of carbonyl (C=O) groups excluding carboxylic acids is 1. The number of pyridine rings is 1. The van der Waals surface area contributed by atoms with E-state index in [-0.39, 0.29) is 12.3 Å². The number of aromatic amines is 2. The largest absolute Gasteiger partial charge is 0.383 e. The second-order valence-electron chi connectivity index (χ2n) is 4.46. The van der Waals surface area contributed by atoms with Gasteiger partial charge in [-0.2, -0.15) is 0 Å². The van der Waals surface area contributed by atoms with Crippen molar-refractivity contribution in [2.24, 2.45) is 0 Å². The number of nitrogens with zero attached hydrogens (tertiary/aromatic N) is 2. The number of nitrogens with one attached hydrogen (secondary N) is 3. The van der Waals surface area contributed by atoms with E-state index in [1.54, 1.807) is 13.3 Å². The molecule has 1 amide bonds. The summed E-state index contributed by atoms with van der Waals surface area (Å²) in [7, 11) is 1.60. The highest BCUT2D eigenvalue weighted by Crippen LogP contribution is 2.20. The van der Waals surface area contributed by atoms with Crippen LogP contribution in [0.4, 0.5) is 0 Å². The van der Waals surface area contributed by atoms with E-state index < -0.39 is 0 Å². The fourth-order valence-corrected chi connectivity index (χ4v) is 2.11. The van der Waals surface area contributed by atoms with Gasteiger partial charge < -0.3 is 20.0 Å². The van der Waals surface area contributed by atoms with Crippen molar-refractivity contribution in [1.29, 1.82) is 0 Å². The lowest BCUT2D eigenvalue weighted by Crippen LogP contribution is -2.28. The molecule has 0 atom stereocenters. The summed E-state index contributed by atoms with van der Waals surface area (Å²) in [5, 5.41) is 3.71. The zero-order valence-corrected chi connectivity index (χ0v) is 11.1. The third kappa shape index (κ3) is 2.35. The second-order valence-corrected chi connectivity index (χ2v) is 4.46. The number of fused-ring (bicyclic) bond motifs is 3. The van der Waals surface area contributed by atoms with E-state index in [1.165, 1.54) is 0 Å². The van der Waals surface area contributed by atoms with Gasteiger partial charge in [0, 0.05) is 25.2 Å².